The minimum Gasteiger partial charge on any atom is -0.462 e. The van der Waals surface area contributed by atoms with Crippen LogP contribution in [0.4, 0.5) is 0 Å². The van der Waals surface area contributed by atoms with Gasteiger partial charge in [-0.05, 0) is 51.4 Å². The van der Waals surface area contributed by atoms with Crippen LogP contribution in [-0.4, -0.2) is 61.5 Å². The molecule has 3 unspecified atom stereocenters. The van der Waals surface area contributed by atoms with Gasteiger partial charge in [-0.15, -0.1) is 0 Å². The Labute approximate surface area is 341 Å². The highest BCUT2D eigenvalue weighted by Gasteiger charge is 2.36. The maximum absolute atomic E-state index is 12.6. The highest BCUT2D eigenvalue weighted by molar-refractivity contribution is 7.47. The molecule has 0 aromatic carbocycles. The third-order valence-electron chi connectivity index (χ3n) is 9.93. The van der Waals surface area contributed by atoms with Crippen LogP contribution in [-0.2, 0) is 37.4 Å². The van der Waals surface area contributed by atoms with Gasteiger partial charge in [0.25, 0.3) is 0 Å². The number of hydrogen-bond donors (Lipinski definition) is 2. The van der Waals surface area contributed by atoms with E-state index < -0.39 is 32.5 Å². The van der Waals surface area contributed by atoms with Crippen molar-refractivity contribution in [2.24, 2.45) is 5.73 Å². The average molecular weight is 812 g/mol. The summed E-state index contributed by atoms with van der Waals surface area (Å²) < 4.78 is 38.5. The Kier molecular flexibility index (Phi) is 34.9. The molecule has 4 atom stereocenters. The average Bonchev–Trinajstić information content (AvgIpc) is 3.94. The first-order chi connectivity index (χ1) is 27.3. The van der Waals surface area contributed by atoms with Crippen LogP contribution < -0.4 is 5.73 Å². The van der Waals surface area contributed by atoms with Crippen molar-refractivity contribution < 1.29 is 42.3 Å². The summed E-state index contributed by atoms with van der Waals surface area (Å²) in [5.74, 6) is -0.894. The molecule has 0 radical (unpaired) electrons. The van der Waals surface area contributed by atoms with Crippen molar-refractivity contribution in [2.45, 2.75) is 212 Å². The van der Waals surface area contributed by atoms with Gasteiger partial charge in [0.1, 0.15) is 6.61 Å². The molecule has 0 amide bonds. The Bertz CT molecular complexity index is 1080. The first-order valence-corrected chi connectivity index (χ1v) is 24.1. The highest BCUT2D eigenvalue weighted by Crippen LogP contribution is 2.43. The molecular weight excluding hydrogens is 729 g/mol. The van der Waals surface area contributed by atoms with E-state index in [2.05, 4.69) is 44.2 Å². The second-order valence-corrected chi connectivity index (χ2v) is 16.8. The quantitative estimate of drug-likeness (QED) is 0.0201. The molecule has 1 aliphatic heterocycles. The van der Waals surface area contributed by atoms with Gasteiger partial charge in [0.05, 0.1) is 25.4 Å². The second kappa shape index (κ2) is 37.5. The van der Waals surface area contributed by atoms with Gasteiger partial charge in [-0.2, -0.15) is 0 Å². The second-order valence-electron chi connectivity index (χ2n) is 15.3. The number of phosphoric ester groups is 1. The molecule has 0 aliphatic carbocycles. The lowest BCUT2D eigenvalue weighted by Crippen LogP contribution is -2.29. The van der Waals surface area contributed by atoms with E-state index in [-0.39, 0.29) is 32.6 Å². The van der Waals surface area contributed by atoms with Crippen LogP contribution in [0.2, 0.25) is 0 Å². The largest absolute Gasteiger partial charge is 0.472 e. The molecule has 3 N–H and O–H groups in total. The number of hydrogen-bond acceptors (Lipinski definition) is 9. The van der Waals surface area contributed by atoms with Crippen LogP contribution >= 0.6 is 7.82 Å². The number of carbonyl (C=O) groups excluding carboxylic acids is 2. The van der Waals surface area contributed by atoms with Crippen LogP contribution in [0.15, 0.2) is 36.5 Å². The third-order valence-corrected chi connectivity index (χ3v) is 10.9. The van der Waals surface area contributed by atoms with Crippen molar-refractivity contribution in [3.05, 3.63) is 36.5 Å². The van der Waals surface area contributed by atoms with Crippen LogP contribution in [0, 0.1) is 0 Å². The fraction of sp³-hybridized carbons (Fsp3) is 0.822. The zero-order chi connectivity index (χ0) is 40.8. The van der Waals surface area contributed by atoms with E-state index in [1.165, 1.54) is 109 Å². The predicted molar refractivity (Wildman–Crippen MR) is 228 cm³/mol. The first kappa shape index (κ1) is 52.2. The maximum atomic E-state index is 12.6. The number of nitrogens with two attached hydrogens (primary N) is 1. The summed E-state index contributed by atoms with van der Waals surface area (Å²) in [5, 5.41) is 0. The molecule has 0 saturated carbocycles. The molecule has 0 spiro atoms. The molecule has 0 aromatic heterocycles. The van der Waals surface area contributed by atoms with E-state index in [1.807, 2.05) is 6.08 Å². The monoisotopic (exact) mass is 812 g/mol. The van der Waals surface area contributed by atoms with Gasteiger partial charge in [0.2, 0.25) is 0 Å². The van der Waals surface area contributed by atoms with Crippen LogP contribution in [0.25, 0.3) is 0 Å². The Morgan fingerprint density at radius 2 is 1.11 bits per heavy atom. The van der Waals surface area contributed by atoms with Gasteiger partial charge < -0.3 is 24.8 Å². The molecular formula is C45H82NO9P. The SMILES string of the molecule is CCCCC/C=C\CC1OC1C/C=C\C/C=C\CCCC(=O)O[C@H](COC(=O)CCCCCCCCCCCCCCCCCCC)COP(=O)(O)OCCN. The van der Waals surface area contributed by atoms with Crippen molar-refractivity contribution in [3.8, 4) is 0 Å². The minimum absolute atomic E-state index is 0.0429. The lowest BCUT2D eigenvalue weighted by molar-refractivity contribution is -0.161. The zero-order valence-electron chi connectivity index (χ0n) is 35.6. The van der Waals surface area contributed by atoms with E-state index in [0.717, 1.165) is 44.9 Å². The van der Waals surface area contributed by atoms with Crippen molar-refractivity contribution in [1.82, 2.24) is 0 Å². The van der Waals surface area contributed by atoms with E-state index in [0.29, 0.717) is 25.0 Å². The van der Waals surface area contributed by atoms with Gasteiger partial charge in [-0.25, -0.2) is 4.57 Å². The van der Waals surface area contributed by atoms with E-state index in [9.17, 15) is 19.0 Å². The Morgan fingerprint density at radius 1 is 0.625 bits per heavy atom. The molecule has 1 rings (SSSR count). The minimum atomic E-state index is -4.40. The van der Waals surface area contributed by atoms with Crippen molar-refractivity contribution in [1.29, 1.82) is 0 Å². The van der Waals surface area contributed by atoms with E-state index >= 15 is 0 Å². The lowest BCUT2D eigenvalue weighted by Gasteiger charge is -2.19. The highest BCUT2D eigenvalue weighted by atomic mass is 31.2. The molecule has 326 valence electrons. The summed E-state index contributed by atoms with van der Waals surface area (Å²) in [6.07, 6.45) is 43.5. The van der Waals surface area contributed by atoms with Crippen molar-refractivity contribution in [3.63, 3.8) is 0 Å². The van der Waals surface area contributed by atoms with Gasteiger partial charge >= 0.3 is 19.8 Å². The number of carbonyl (C=O) groups is 2. The zero-order valence-corrected chi connectivity index (χ0v) is 36.5. The number of epoxide rings is 1. The van der Waals surface area contributed by atoms with Gasteiger partial charge in [-0.1, -0.05) is 166 Å². The van der Waals surface area contributed by atoms with Gasteiger partial charge in [-0.3, -0.25) is 18.6 Å². The fourth-order valence-corrected chi connectivity index (χ4v) is 7.20. The van der Waals surface area contributed by atoms with Crippen LogP contribution in [0.1, 0.15) is 194 Å². The van der Waals surface area contributed by atoms with Gasteiger partial charge in [0, 0.05) is 19.4 Å². The number of allylic oxidation sites excluding steroid dienone is 4. The molecule has 1 aliphatic rings. The molecule has 1 heterocycles. The molecule has 11 heteroatoms. The molecule has 0 aromatic rings. The Morgan fingerprint density at radius 3 is 1.70 bits per heavy atom. The normalized spacial score (nSPS) is 17.2. The number of rotatable bonds is 41. The summed E-state index contributed by atoms with van der Waals surface area (Å²) in [7, 11) is -4.40. The summed E-state index contributed by atoms with van der Waals surface area (Å²) in [4.78, 5) is 34.9. The smallest absolute Gasteiger partial charge is 0.462 e. The molecule has 1 fully saturated rings. The first-order valence-electron chi connectivity index (χ1n) is 22.6. The number of phosphoric acid groups is 1. The molecule has 56 heavy (non-hydrogen) atoms. The summed E-state index contributed by atoms with van der Waals surface area (Å²) in [5.41, 5.74) is 5.35. The van der Waals surface area contributed by atoms with Crippen LogP contribution in [0.5, 0.6) is 0 Å². The Balaban J connectivity index is 2.20. The summed E-state index contributed by atoms with van der Waals surface area (Å²) in [6, 6.07) is 0. The third kappa shape index (κ3) is 34.3. The van der Waals surface area contributed by atoms with Crippen molar-refractivity contribution >= 4 is 19.8 Å². The van der Waals surface area contributed by atoms with E-state index in [4.69, 9.17) is 29.0 Å². The summed E-state index contributed by atoms with van der Waals surface area (Å²) in [6.45, 7) is 3.64. The standard InChI is InChI=1S/C45H82NO9P/c1-3-5-7-9-11-12-13-14-15-16-17-18-19-20-23-27-31-35-44(47)51-39-41(40-53-56(49,50)52-38-37-46)54-45(48)36-32-28-24-21-22-26-30-34-43-42(55-43)33-29-25-10-8-6-4-2/h21,24-26,29-30,41-43H,3-20,22-23,27-28,31-40,46H2,1-2H3,(H,49,50)/b24-21-,29-25-,30-26-/t41-,42?,43?/m1/s1. The fourth-order valence-electron chi connectivity index (χ4n) is 6.43. The molecule has 0 bridgehead atoms. The predicted octanol–water partition coefficient (Wildman–Crippen LogP) is 11.9. The number of esters is 2. The topological polar surface area (TPSA) is 147 Å². The number of unbranched alkanes of at least 4 members (excludes halogenated alkanes) is 20. The van der Waals surface area contributed by atoms with Crippen molar-refractivity contribution in [2.75, 3.05) is 26.4 Å². The Hall–Kier alpha value is -1.81. The molecule has 1 saturated heterocycles. The number of ether oxygens (including phenoxy) is 3. The summed E-state index contributed by atoms with van der Waals surface area (Å²) >= 11 is 0. The van der Waals surface area contributed by atoms with E-state index in [1.54, 1.807) is 0 Å². The van der Waals surface area contributed by atoms with Crippen LogP contribution in [0.3, 0.4) is 0 Å². The maximum Gasteiger partial charge on any atom is 0.472 e. The molecule has 10 nitrogen and oxygen atoms in total. The lowest BCUT2D eigenvalue weighted by atomic mass is 10.0. The van der Waals surface area contributed by atoms with Gasteiger partial charge in [0.15, 0.2) is 6.10 Å².